The zero-order valence-electron chi connectivity index (χ0n) is 8.94. The van der Waals surface area contributed by atoms with E-state index in [1.165, 1.54) is 6.20 Å². The van der Waals surface area contributed by atoms with E-state index in [1.54, 1.807) is 18.5 Å². The summed E-state index contributed by atoms with van der Waals surface area (Å²) in [7, 11) is 0. The first-order chi connectivity index (χ1) is 7.68. The highest BCUT2D eigenvalue weighted by Gasteiger charge is 2.08. The lowest BCUT2D eigenvalue weighted by Crippen LogP contribution is -2.01. The van der Waals surface area contributed by atoms with Crippen molar-refractivity contribution in [3.8, 4) is 0 Å². The van der Waals surface area contributed by atoms with Gasteiger partial charge < -0.3 is 5.73 Å². The fourth-order valence-corrected chi connectivity index (χ4v) is 1.53. The molecule has 0 radical (unpaired) electrons. The highest BCUT2D eigenvalue weighted by molar-refractivity contribution is 5.38. The van der Waals surface area contributed by atoms with Crippen LogP contribution in [-0.2, 0) is 6.42 Å². The van der Waals surface area contributed by atoms with Crippen molar-refractivity contribution in [3.05, 3.63) is 53.2 Å². The average molecular weight is 217 g/mol. The first-order valence-corrected chi connectivity index (χ1v) is 4.97. The number of hydrogen-bond donors (Lipinski definition) is 1. The van der Waals surface area contributed by atoms with E-state index < -0.39 is 5.82 Å². The maximum absolute atomic E-state index is 13.6. The van der Waals surface area contributed by atoms with Gasteiger partial charge in [0.2, 0.25) is 0 Å². The van der Waals surface area contributed by atoms with Gasteiger partial charge in [-0.25, -0.2) is 9.37 Å². The van der Waals surface area contributed by atoms with Crippen molar-refractivity contribution in [1.29, 1.82) is 0 Å². The van der Waals surface area contributed by atoms with E-state index in [9.17, 15) is 4.39 Å². The van der Waals surface area contributed by atoms with Crippen LogP contribution in [0.4, 0.5) is 10.2 Å². The second-order valence-electron chi connectivity index (χ2n) is 3.65. The molecule has 2 rings (SSSR count). The third kappa shape index (κ3) is 2.00. The molecule has 0 aliphatic heterocycles. The molecule has 0 aliphatic rings. The smallest absolute Gasteiger partial charge is 0.168 e. The normalized spacial score (nSPS) is 10.4. The van der Waals surface area contributed by atoms with Gasteiger partial charge in [-0.05, 0) is 35.7 Å². The van der Waals surface area contributed by atoms with Crippen molar-refractivity contribution in [2.45, 2.75) is 13.3 Å². The Kier molecular flexibility index (Phi) is 2.81. The summed E-state index contributed by atoms with van der Waals surface area (Å²) in [5.74, 6) is -0.496. The summed E-state index contributed by atoms with van der Waals surface area (Å²) >= 11 is 0. The molecule has 0 amide bonds. The molecular formula is C12H12FN3. The van der Waals surface area contributed by atoms with Crippen molar-refractivity contribution < 1.29 is 4.39 Å². The second-order valence-corrected chi connectivity index (χ2v) is 3.65. The van der Waals surface area contributed by atoms with E-state index in [0.717, 1.165) is 11.1 Å². The number of rotatable bonds is 2. The predicted octanol–water partition coefficient (Wildman–Crippen LogP) is 2.10. The standard InChI is InChI=1S/C12H12FN3/c1-8-2-4-15-7-10(8)6-9-3-5-16-12(14)11(9)13/h2-5,7H,6H2,1H3,(H2,14,16). The first-order valence-electron chi connectivity index (χ1n) is 4.97. The van der Waals surface area contributed by atoms with Crippen LogP contribution in [0.5, 0.6) is 0 Å². The third-order valence-electron chi connectivity index (χ3n) is 2.52. The molecule has 4 heteroatoms. The summed E-state index contributed by atoms with van der Waals surface area (Å²) in [4.78, 5) is 7.72. The quantitative estimate of drug-likeness (QED) is 0.838. The lowest BCUT2D eigenvalue weighted by Gasteiger charge is -2.06. The Balaban J connectivity index is 2.35. The van der Waals surface area contributed by atoms with Crippen LogP contribution in [0.25, 0.3) is 0 Å². The monoisotopic (exact) mass is 217 g/mol. The van der Waals surface area contributed by atoms with Crippen LogP contribution in [0.3, 0.4) is 0 Å². The minimum atomic E-state index is -0.439. The van der Waals surface area contributed by atoms with Crippen molar-refractivity contribution in [3.63, 3.8) is 0 Å². The van der Waals surface area contributed by atoms with E-state index >= 15 is 0 Å². The second kappa shape index (κ2) is 4.26. The van der Waals surface area contributed by atoms with E-state index in [0.29, 0.717) is 12.0 Å². The van der Waals surface area contributed by atoms with E-state index in [1.807, 2.05) is 13.0 Å². The Morgan fingerprint density at radius 1 is 1.25 bits per heavy atom. The van der Waals surface area contributed by atoms with Crippen LogP contribution in [-0.4, -0.2) is 9.97 Å². The molecule has 82 valence electrons. The Hall–Kier alpha value is -1.97. The molecule has 0 bridgehead atoms. The molecule has 2 heterocycles. The van der Waals surface area contributed by atoms with Gasteiger partial charge in [0.15, 0.2) is 11.6 Å². The number of aromatic nitrogens is 2. The minimum absolute atomic E-state index is 0.0564. The molecule has 0 aromatic carbocycles. The van der Waals surface area contributed by atoms with Gasteiger partial charge >= 0.3 is 0 Å². The Morgan fingerprint density at radius 3 is 2.81 bits per heavy atom. The van der Waals surface area contributed by atoms with Crippen LogP contribution in [0.2, 0.25) is 0 Å². The predicted molar refractivity (Wildman–Crippen MR) is 60.4 cm³/mol. The number of nitrogens with two attached hydrogens (primary N) is 1. The molecule has 0 saturated heterocycles. The lowest BCUT2D eigenvalue weighted by molar-refractivity contribution is 0.613. The summed E-state index contributed by atoms with van der Waals surface area (Å²) in [5, 5.41) is 0. The maximum Gasteiger partial charge on any atom is 0.168 e. The van der Waals surface area contributed by atoms with Crippen molar-refractivity contribution >= 4 is 5.82 Å². The number of anilines is 1. The molecule has 16 heavy (non-hydrogen) atoms. The van der Waals surface area contributed by atoms with E-state index in [2.05, 4.69) is 9.97 Å². The zero-order chi connectivity index (χ0) is 11.5. The van der Waals surface area contributed by atoms with E-state index in [-0.39, 0.29) is 5.82 Å². The third-order valence-corrected chi connectivity index (χ3v) is 2.52. The SMILES string of the molecule is Cc1ccncc1Cc1ccnc(N)c1F. The summed E-state index contributed by atoms with van der Waals surface area (Å²) < 4.78 is 13.6. The highest BCUT2D eigenvalue weighted by atomic mass is 19.1. The number of aryl methyl sites for hydroxylation is 1. The molecule has 2 aromatic rings. The number of hydrogen-bond acceptors (Lipinski definition) is 3. The zero-order valence-corrected chi connectivity index (χ0v) is 8.94. The molecule has 0 unspecified atom stereocenters. The molecule has 0 aliphatic carbocycles. The van der Waals surface area contributed by atoms with Gasteiger partial charge in [0.25, 0.3) is 0 Å². The summed E-state index contributed by atoms with van der Waals surface area (Å²) in [6, 6.07) is 3.54. The number of halogens is 1. The molecular weight excluding hydrogens is 205 g/mol. The molecule has 0 fully saturated rings. The Morgan fingerprint density at radius 2 is 2.06 bits per heavy atom. The van der Waals surface area contributed by atoms with Gasteiger partial charge in [-0.15, -0.1) is 0 Å². The fourth-order valence-electron chi connectivity index (χ4n) is 1.53. The van der Waals surface area contributed by atoms with Crippen LogP contribution in [0, 0.1) is 12.7 Å². The summed E-state index contributed by atoms with van der Waals surface area (Å²) in [6.07, 6.45) is 5.46. The van der Waals surface area contributed by atoms with Gasteiger partial charge in [0.05, 0.1) is 0 Å². The minimum Gasteiger partial charge on any atom is -0.381 e. The Bertz CT molecular complexity index is 511. The van der Waals surface area contributed by atoms with Crippen molar-refractivity contribution in [2.75, 3.05) is 5.73 Å². The lowest BCUT2D eigenvalue weighted by atomic mass is 10.0. The van der Waals surface area contributed by atoms with Gasteiger partial charge in [-0.1, -0.05) is 0 Å². The van der Waals surface area contributed by atoms with Gasteiger partial charge in [-0.2, -0.15) is 0 Å². The van der Waals surface area contributed by atoms with E-state index in [4.69, 9.17) is 5.73 Å². The van der Waals surface area contributed by atoms with Crippen molar-refractivity contribution in [1.82, 2.24) is 9.97 Å². The largest absolute Gasteiger partial charge is 0.381 e. The summed E-state index contributed by atoms with van der Waals surface area (Å²) in [5.41, 5.74) is 8.04. The average Bonchev–Trinajstić information content (AvgIpc) is 2.28. The van der Waals surface area contributed by atoms with Gasteiger partial charge in [-0.3, -0.25) is 4.98 Å². The fraction of sp³-hybridized carbons (Fsp3) is 0.167. The topological polar surface area (TPSA) is 51.8 Å². The number of nitrogen functional groups attached to an aromatic ring is 1. The van der Waals surface area contributed by atoms with Gasteiger partial charge in [0.1, 0.15) is 0 Å². The molecule has 2 N–H and O–H groups in total. The molecule has 0 spiro atoms. The van der Waals surface area contributed by atoms with Crippen LogP contribution in [0.1, 0.15) is 16.7 Å². The molecule has 0 saturated carbocycles. The van der Waals surface area contributed by atoms with Crippen molar-refractivity contribution in [2.24, 2.45) is 0 Å². The molecule has 0 atom stereocenters. The van der Waals surface area contributed by atoms with Crippen LogP contribution >= 0.6 is 0 Å². The number of pyridine rings is 2. The van der Waals surface area contributed by atoms with Gasteiger partial charge in [0, 0.05) is 25.0 Å². The maximum atomic E-state index is 13.6. The molecule has 2 aromatic heterocycles. The first kappa shape index (κ1) is 10.5. The number of nitrogens with zero attached hydrogens (tertiary/aromatic N) is 2. The highest BCUT2D eigenvalue weighted by Crippen LogP contribution is 2.17. The Labute approximate surface area is 93.2 Å². The van der Waals surface area contributed by atoms with Crippen LogP contribution < -0.4 is 5.73 Å². The summed E-state index contributed by atoms with van der Waals surface area (Å²) in [6.45, 7) is 1.97. The van der Waals surface area contributed by atoms with Crippen LogP contribution in [0.15, 0.2) is 30.7 Å². The molecule has 3 nitrogen and oxygen atoms in total.